The molecule has 2 heterocycles. The molecule has 2 aliphatic heterocycles. The van der Waals surface area contributed by atoms with Gasteiger partial charge in [-0.15, -0.1) is 0 Å². The highest BCUT2D eigenvalue weighted by Gasteiger charge is 2.60. The van der Waals surface area contributed by atoms with Gasteiger partial charge in [0, 0.05) is 6.54 Å². The molecule has 2 saturated heterocycles. The van der Waals surface area contributed by atoms with E-state index in [9.17, 15) is 4.79 Å². The summed E-state index contributed by atoms with van der Waals surface area (Å²) in [6, 6.07) is 0. The molecule has 2 aliphatic rings. The van der Waals surface area contributed by atoms with Crippen LogP contribution in [0.3, 0.4) is 0 Å². The van der Waals surface area contributed by atoms with Gasteiger partial charge in [-0.2, -0.15) is 0 Å². The number of cyclic esters (lactones) is 1. The number of hydrogen-bond donors (Lipinski definition) is 0. The van der Waals surface area contributed by atoms with Gasteiger partial charge in [-0.3, -0.25) is 4.90 Å². The van der Waals surface area contributed by atoms with Crippen LogP contribution in [0.1, 0.15) is 39.5 Å². The van der Waals surface area contributed by atoms with Crippen LogP contribution in [-0.2, 0) is 4.74 Å². The molecule has 0 aromatic rings. The minimum absolute atomic E-state index is 0.168. The maximum Gasteiger partial charge on any atom is 0.411 e. The van der Waals surface area contributed by atoms with E-state index >= 15 is 0 Å². The average Bonchev–Trinajstić information content (AvgIpc) is 2.48. The second-order valence-electron chi connectivity index (χ2n) is 4.70. The molecule has 0 N–H and O–H groups in total. The molecular formula is C12H19NO2. The molecule has 0 unspecified atom stereocenters. The van der Waals surface area contributed by atoms with E-state index < -0.39 is 5.60 Å². The Bertz CT molecular complexity index is 302. The van der Waals surface area contributed by atoms with Crippen LogP contribution in [0.4, 0.5) is 4.79 Å². The van der Waals surface area contributed by atoms with Gasteiger partial charge in [0.2, 0.25) is 0 Å². The first-order chi connectivity index (χ1) is 7.09. The first-order valence-corrected chi connectivity index (χ1v) is 5.74. The SMILES string of the molecule is C=C[C@]1(CC)OC(=O)N2CCCC[C@]21C. The average molecular weight is 209 g/mol. The predicted octanol–water partition coefficient (Wildman–Crippen LogP) is 2.72. The molecule has 2 rings (SSSR count). The zero-order valence-corrected chi connectivity index (χ0v) is 9.58. The zero-order valence-electron chi connectivity index (χ0n) is 9.58. The van der Waals surface area contributed by atoms with Gasteiger partial charge in [0.15, 0.2) is 5.60 Å². The Morgan fingerprint density at radius 3 is 2.93 bits per heavy atom. The number of ether oxygens (including phenoxy) is 1. The van der Waals surface area contributed by atoms with E-state index in [0.29, 0.717) is 0 Å². The molecule has 0 aliphatic carbocycles. The molecule has 0 aromatic carbocycles. The van der Waals surface area contributed by atoms with Crippen molar-refractivity contribution >= 4 is 6.09 Å². The van der Waals surface area contributed by atoms with Crippen LogP contribution in [0.15, 0.2) is 12.7 Å². The van der Waals surface area contributed by atoms with E-state index in [4.69, 9.17) is 4.74 Å². The van der Waals surface area contributed by atoms with Gasteiger partial charge in [-0.1, -0.05) is 13.5 Å². The molecule has 0 bridgehead atoms. The van der Waals surface area contributed by atoms with Crippen molar-refractivity contribution in [1.29, 1.82) is 0 Å². The minimum Gasteiger partial charge on any atom is -0.436 e. The topological polar surface area (TPSA) is 29.5 Å². The number of hydrogen-bond acceptors (Lipinski definition) is 2. The standard InChI is InChI=1S/C12H19NO2/c1-4-12(5-2)11(3)8-6-7-9-13(11)10(14)15-12/h4H,1,5-9H2,2-3H3/t11-,12+/m0/s1. The number of piperidine rings is 1. The number of nitrogens with zero attached hydrogens (tertiary/aromatic N) is 1. The molecule has 84 valence electrons. The Kier molecular flexibility index (Phi) is 2.28. The highest BCUT2D eigenvalue weighted by molar-refractivity contribution is 5.73. The van der Waals surface area contributed by atoms with E-state index in [1.165, 1.54) is 6.42 Å². The zero-order chi connectivity index (χ0) is 11.1. The summed E-state index contributed by atoms with van der Waals surface area (Å²) in [7, 11) is 0. The molecule has 2 atom stereocenters. The number of amides is 1. The van der Waals surface area contributed by atoms with E-state index in [0.717, 1.165) is 25.8 Å². The van der Waals surface area contributed by atoms with Gasteiger partial charge in [-0.25, -0.2) is 4.79 Å². The highest BCUT2D eigenvalue weighted by atomic mass is 16.6. The van der Waals surface area contributed by atoms with Gasteiger partial charge in [0.25, 0.3) is 0 Å². The van der Waals surface area contributed by atoms with Crippen LogP contribution >= 0.6 is 0 Å². The monoisotopic (exact) mass is 209 g/mol. The van der Waals surface area contributed by atoms with Crippen molar-refractivity contribution in [2.24, 2.45) is 0 Å². The molecule has 0 radical (unpaired) electrons. The van der Waals surface area contributed by atoms with Crippen LogP contribution in [-0.4, -0.2) is 28.7 Å². The summed E-state index contributed by atoms with van der Waals surface area (Å²) in [6.45, 7) is 8.86. The van der Waals surface area contributed by atoms with E-state index in [1.807, 2.05) is 11.0 Å². The maximum atomic E-state index is 11.8. The summed E-state index contributed by atoms with van der Waals surface area (Å²) in [5.41, 5.74) is -0.663. The van der Waals surface area contributed by atoms with Gasteiger partial charge in [0.1, 0.15) is 0 Å². The summed E-state index contributed by atoms with van der Waals surface area (Å²) in [5, 5.41) is 0. The second-order valence-corrected chi connectivity index (χ2v) is 4.70. The number of fused-ring (bicyclic) bond motifs is 1. The minimum atomic E-state index is -0.482. The Morgan fingerprint density at radius 1 is 1.60 bits per heavy atom. The lowest BCUT2D eigenvalue weighted by molar-refractivity contribution is 0.0162. The number of rotatable bonds is 2. The van der Waals surface area contributed by atoms with Crippen molar-refractivity contribution in [3.05, 3.63) is 12.7 Å². The Hall–Kier alpha value is -0.990. The largest absolute Gasteiger partial charge is 0.436 e. The third-order valence-corrected chi connectivity index (χ3v) is 4.15. The van der Waals surface area contributed by atoms with Crippen LogP contribution in [0.2, 0.25) is 0 Å². The van der Waals surface area contributed by atoms with Crippen molar-refractivity contribution in [2.75, 3.05) is 6.54 Å². The smallest absolute Gasteiger partial charge is 0.411 e. The lowest BCUT2D eigenvalue weighted by Gasteiger charge is -2.44. The van der Waals surface area contributed by atoms with Crippen LogP contribution in [0.5, 0.6) is 0 Å². The summed E-state index contributed by atoms with van der Waals surface area (Å²) < 4.78 is 5.57. The third kappa shape index (κ3) is 1.15. The first-order valence-electron chi connectivity index (χ1n) is 5.74. The maximum absolute atomic E-state index is 11.8. The fourth-order valence-electron chi connectivity index (χ4n) is 3.03. The van der Waals surface area contributed by atoms with E-state index in [2.05, 4.69) is 20.4 Å². The van der Waals surface area contributed by atoms with E-state index in [-0.39, 0.29) is 11.6 Å². The molecule has 0 spiro atoms. The first kappa shape index (κ1) is 10.5. The van der Waals surface area contributed by atoms with Gasteiger partial charge in [-0.05, 0) is 38.7 Å². The normalized spacial score (nSPS) is 39.9. The van der Waals surface area contributed by atoms with Gasteiger partial charge >= 0.3 is 6.09 Å². The number of carbonyl (C=O) groups is 1. The van der Waals surface area contributed by atoms with Crippen LogP contribution < -0.4 is 0 Å². The summed E-state index contributed by atoms with van der Waals surface area (Å²) in [5.74, 6) is 0. The predicted molar refractivity (Wildman–Crippen MR) is 58.7 cm³/mol. The highest BCUT2D eigenvalue weighted by Crippen LogP contribution is 2.47. The molecule has 15 heavy (non-hydrogen) atoms. The lowest BCUT2D eigenvalue weighted by atomic mass is 9.74. The van der Waals surface area contributed by atoms with Crippen LogP contribution in [0.25, 0.3) is 0 Å². The van der Waals surface area contributed by atoms with Crippen molar-refractivity contribution in [1.82, 2.24) is 4.90 Å². The van der Waals surface area contributed by atoms with Gasteiger partial charge < -0.3 is 4.74 Å². The van der Waals surface area contributed by atoms with Crippen molar-refractivity contribution in [2.45, 2.75) is 50.7 Å². The summed E-state index contributed by atoms with van der Waals surface area (Å²) in [6.07, 6.45) is 5.71. The molecule has 2 fully saturated rings. The Morgan fingerprint density at radius 2 is 2.33 bits per heavy atom. The second kappa shape index (κ2) is 3.26. The third-order valence-electron chi connectivity index (χ3n) is 4.15. The van der Waals surface area contributed by atoms with Crippen LogP contribution in [0, 0.1) is 0 Å². The molecule has 3 nitrogen and oxygen atoms in total. The van der Waals surface area contributed by atoms with Crippen molar-refractivity contribution in [3.63, 3.8) is 0 Å². The molecule has 3 heteroatoms. The van der Waals surface area contributed by atoms with E-state index in [1.54, 1.807) is 0 Å². The summed E-state index contributed by atoms with van der Waals surface area (Å²) >= 11 is 0. The van der Waals surface area contributed by atoms with Gasteiger partial charge in [0.05, 0.1) is 5.54 Å². The lowest BCUT2D eigenvalue weighted by Crippen LogP contribution is -2.57. The summed E-state index contributed by atoms with van der Waals surface area (Å²) in [4.78, 5) is 13.7. The van der Waals surface area contributed by atoms with Crippen molar-refractivity contribution < 1.29 is 9.53 Å². The molecule has 0 aromatic heterocycles. The molecule has 1 amide bonds. The molecular weight excluding hydrogens is 190 g/mol. The quantitative estimate of drug-likeness (QED) is 0.654. The molecule has 0 saturated carbocycles. The fraction of sp³-hybridized carbons (Fsp3) is 0.750. The Balaban J connectivity index is 2.43. The fourth-order valence-corrected chi connectivity index (χ4v) is 3.03. The van der Waals surface area contributed by atoms with Crippen molar-refractivity contribution in [3.8, 4) is 0 Å². The Labute approximate surface area is 91.1 Å². The number of carbonyl (C=O) groups excluding carboxylic acids is 1.